The maximum absolute atomic E-state index is 12.8. The second kappa shape index (κ2) is 7.77. The fourth-order valence-electron chi connectivity index (χ4n) is 2.62. The smallest absolute Gasteiger partial charge is 0.207 e. The second-order valence-electron chi connectivity index (χ2n) is 6.09. The lowest BCUT2D eigenvalue weighted by molar-refractivity contribution is 0.451. The molecule has 122 valence electrons. The monoisotopic (exact) mass is 321 g/mol. The van der Waals surface area contributed by atoms with Gasteiger partial charge in [0.15, 0.2) is 0 Å². The molecule has 0 aliphatic carbocycles. The first-order valence-electron chi connectivity index (χ1n) is 7.64. The molecule has 0 fully saturated rings. The van der Waals surface area contributed by atoms with Gasteiger partial charge in [0, 0.05) is 6.04 Å². The van der Waals surface area contributed by atoms with Crippen LogP contribution in [0, 0.1) is 26.7 Å². The maximum atomic E-state index is 12.8. The zero-order valence-electron chi connectivity index (χ0n) is 14.4. The molecule has 1 aromatic carbocycles. The van der Waals surface area contributed by atoms with E-state index in [0.29, 0.717) is 11.3 Å². The molecule has 22 heavy (non-hydrogen) atoms. The van der Waals surface area contributed by atoms with Gasteiger partial charge in [-0.3, -0.25) is 0 Å². The first-order valence-corrected chi connectivity index (χ1v) is 9.13. The average Bonchev–Trinajstić information content (AvgIpc) is 2.35. The van der Waals surface area contributed by atoms with Gasteiger partial charge in [-0.2, -0.15) is 0 Å². The molecule has 0 bridgehead atoms. The number of sulfonamides is 1. The lowest BCUT2D eigenvalue weighted by Gasteiger charge is -2.22. The van der Waals surface area contributed by atoms with Gasteiger partial charge >= 0.3 is 0 Å². The van der Waals surface area contributed by atoms with Crippen LogP contribution in [0.25, 0.3) is 0 Å². The van der Waals surface area contributed by atoms with Crippen molar-refractivity contribution in [2.24, 2.45) is 5.92 Å². The van der Waals surface area contributed by atoms with Crippen LogP contribution in [0.1, 0.15) is 43.9 Å². The fourth-order valence-corrected chi connectivity index (χ4v) is 4.47. The summed E-state index contributed by atoms with van der Waals surface area (Å²) < 4.78 is 28.4. The van der Waals surface area contributed by atoms with Gasteiger partial charge in [0.05, 0.1) is 4.90 Å². The molecule has 0 radical (unpaired) electrons. The highest BCUT2D eigenvalue weighted by molar-refractivity contribution is 7.89. The van der Waals surface area contributed by atoms with Gasteiger partial charge in [0.2, 0.25) is 10.0 Å². The molecule has 1 N–H and O–H groups in total. The minimum atomic E-state index is -3.53. The Morgan fingerprint density at radius 1 is 1.18 bits per heavy atom. The van der Waals surface area contributed by atoms with E-state index in [1.165, 1.54) is 0 Å². The van der Waals surface area contributed by atoms with E-state index in [1.54, 1.807) is 0 Å². The summed E-state index contributed by atoms with van der Waals surface area (Å²) >= 11 is 0. The first kappa shape index (κ1) is 18.7. The van der Waals surface area contributed by atoms with Crippen molar-refractivity contribution in [3.63, 3.8) is 0 Å². The first-order chi connectivity index (χ1) is 10.2. The molecular formula is C18H27NO2S. The van der Waals surface area contributed by atoms with Crippen LogP contribution in [0.4, 0.5) is 0 Å². The normalized spacial score (nSPS) is 12.9. The van der Waals surface area contributed by atoms with Crippen LogP contribution < -0.4 is 4.72 Å². The highest BCUT2D eigenvalue weighted by atomic mass is 32.2. The lowest BCUT2D eigenvalue weighted by atomic mass is 10.0. The number of aryl methyl sites for hydroxylation is 3. The topological polar surface area (TPSA) is 46.2 Å². The predicted octanol–water partition coefficient (Wildman–Crippen LogP) is 4.04. The van der Waals surface area contributed by atoms with Crippen molar-refractivity contribution in [3.8, 4) is 0 Å². The van der Waals surface area contributed by atoms with Crippen LogP contribution in [0.15, 0.2) is 34.9 Å². The van der Waals surface area contributed by atoms with Crippen LogP contribution in [0.5, 0.6) is 0 Å². The third-order valence-corrected chi connectivity index (χ3v) is 5.44. The molecule has 0 unspecified atom stereocenters. The predicted molar refractivity (Wildman–Crippen MR) is 92.5 cm³/mol. The van der Waals surface area contributed by atoms with E-state index in [-0.39, 0.29) is 12.0 Å². The molecule has 0 aliphatic rings. The van der Waals surface area contributed by atoms with Gasteiger partial charge in [-0.15, -0.1) is 5.73 Å². The molecule has 0 aromatic heterocycles. The third-order valence-electron chi connectivity index (χ3n) is 3.64. The van der Waals surface area contributed by atoms with E-state index in [9.17, 15) is 8.42 Å². The molecule has 1 rings (SSSR count). The van der Waals surface area contributed by atoms with Gasteiger partial charge in [0.25, 0.3) is 0 Å². The van der Waals surface area contributed by atoms with Crippen LogP contribution in [0.3, 0.4) is 0 Å². The highest BCUT2D eigenvalue weighted by Gasteiger charge is 2.24. The molecule has 0 amide bonds. The largest absolute Gasteiger partial charge is 0.241 e. The van der Waals surface area contributed by atoms with E-state index in [4.69, 9.17) is 0 Å². The lowest BCUT2D eigenvalue weighted by Crippen LogP contribution is -2.38. The zero-order chi connectivity index (χ0) is 16.9. The van der Waals surface area contributed by atoms with Gasteiger partial charge in [-0.1, -0.05) is 31.5 Å². The Bertz CT molecular complexity index is 658. The summed E-state index contributed by atoms with van der Waals surface area (Å²) in [6.45, 7) is 11.6. The van der Waals surface area contributed by atoms with Crippen LogP contribution in [-0.4, -0.2) is 14.5 Å². The van der Waals surface area contributed by atoms with Crippen molar-refractivity contribution in [2.75, 3.05) is 0 Å². The van der Waals surface area contributed by atoms with Crippen molar-refractivity contribution < 1.29 is 8.42 Å². The minimum Gasteiger partial charge on any atom is -0.207 e. The van der Waals surface area contributed by atoms with E-state index < -0.39 is 10.0 Å². The Morgan fingerprint density at radius 2 is 1.73 bits per heavy atom. The molecule has 0 aliphatic heterocycles. The third kappa shape index (κ3) is 4.84. The van der Waals surface area contributed by atoms with E-state index in [0.717, 1.165) is 16.7 Å². The van der Waals surface area contributed by atoms with Gasteiger partial charge < -0.3 is 0 Å². The Hall–Kier alpha value is -1.35. The summed E-state index contributed by atoms with van der Waals surface area (Å²) in [5.74, 6) is 0.204. The summed E-state index contributed by atoms with van der Waals surface area (Å²) in [5.41, 5.74) is 5.66. The standard InChI is InChI=1S/C18H27NO2S/c1-7-8-9-10-17(13(2)3)19-22(20,21)18-15(5)11-14(4)12-16(18)6/h7,9,11-13,17,19H,10H2,1-6H3/t8?,17-/m1/s1. The minimum absolute atomic E-state index is 0.141. The molecular weight excluding hydrogens is 294 g/mol. The molecule has 1 aromatic rings. The molecule has 3 nitrogen and oxygen atoms in total. The Labute approximate surface area is 135 Å². The van der Waals surface area contributed by atoms with Crippen molar-refractivity contribution in [2.45, 2.75) is 58.9 Å². The molecule has 0 heterocycles. The summed E-state index contributed by atoms with van der Waals surface area (Å²) in [7, 11) is -3.53. The van der Waals surface area contributed by atoms with Gasteiger partial charge in [-0.05, 0) is 63.3 Å². The molecule has 0 saturated heterocycles. The fraction of sp³-hybridized carbons (Fsp3) is 0.500. The van der Waals surface area contributed by atoms with Crippen molar-refractivity contribution in [1.82, 2.24) is 4.72 Å². The van der Waals surface area contributed by atoms with Crippen LogP contribution in [0.2, 0.25) is 0 Å². The van der Waals surface area contributed by atoms with Crippen molar-refractivity contribution in [1.29, 1.82) is 0 Å². The Kier molecular flexibility index (Phi) is 6.61. The molecule has 0 spiro atoms. The molecule has 4 heteroatoms. The second-order valence-corrected chi connectivity index (χ2v) is 7.75. The number of hydrogen-bond acceptors (Lipinski definition) is 2. The number of hydrogen-bond donors (Lipinski definition) is 1. The summed E-state index contributed by atoms with van der Waals surface area (Å²) in [6.07, 6.45) is 4.33. The van der Waals surface area contributed by atoms with Gasteiger partial charge in [-0.25, -0.2) is 13.1 Å². The number of rotatable bonds is 6. The van der Waals surface area contributed by atoms with E-state index in [2.05, 4.69) is 10.5 Å². The van der Waals surface area contributed by atoms with Crippen LogP contribution in [-0.2, 0) is 10.0 Å². The van der Waals surface area contributed by atoms with E-state index in [1.807, 2.05) is 65.8 Å². The highest BCUT2D eigenvalue weighted by Crippen LogP contribution is 2.23. The van der Waals surface area contributed by atoms with Crippen molar-refractivity contribution >= 4 is 10.0 Å². The summed E-state index contributed by atoms with van der Waals surface area (Å²) in [4.78, 5) is 0.402. The molecule has 0 saturated carbocycles. The zero-order valence-corrected chi connectivity index (χ0v) is 15.2. The van der Waals surface area contributed by atoms with E-state index >= 15 is 0 Å². The summed E-state index contributed by atoms with van der Waals surface area (Å²) in [6, 6.07) is 3.68. The quantitative estimate of drug-likeness (QED) is 0.804. The SMILES string of the molecule is CC=C=CC[C@@H](NS(=O)(=O)c1c(C)cc(C)cc1C)C(C)C. The van der Waals surface area contributed by atoms with Crippen LogP contribution >= 0.6 is 0 Å². The number of nitrogens with one attached hydrogen (secondary N) is 1. The molecule has 1 atom stereocenters. The summed E-state index contributed by atoms with van der Waals surface area (Å²) in [5, 5.41) is 0. The average molecular weight is 321 g/mol. The van der Waals surface area contributed by atoms with Crippen molar-refractivity contribution in [3.05, 3.63) is 46.7 Å². The van der Waals surface area contributed by atoms with Gasteiger partial charge in [0.1, 0.15) is 0 Å². The maximum Gasteiger partial charge on any atom is 0.241 e. The Morgan fingerprint density at radius 3 is 2.18 bits per heavy atom. The Balaban J connectivity index is 3.16. The number of benzene rings is 1.